The first kappa shape index (κ1) is 21.2. The van der Waals surface area contributed by atoms with Crippen LogP contribution in [-0.4, -0.2) is 24.2 Å². The number of nitrogens with one attached hydrogen (secondary N) is 4. The number of hydrogen-bond donors (Lipinski definition) is 5. The van der Waals surface area contributed by atoms with Crippen LogP contribution >= 0.6 is 12.4 Å². The summed E-state index contributed by atoms with van der Waals surface area (Å²) in [5.41, 5.74) is 5.76. The fraction of sp³-hybridized carbons (Fsp3) is 0.357. The summed E-state index contributed by atoms with van der Waals surface area (Å²) in [7, 11) is 0. The van der Waals surface area contributed by atoms with E-state index in [-0.39, 0.29) is 30.1 Å². The van der Waals surface area contributed by atoms with Gasteiger partial charge in [-0.05, 0) is 13.3 Å². The highest BCUT2D eigenvalue weighted by molar-refractivity contribution is 5.94. The lowest BCUT2D eigenvalue weighted by Crippen LogP contribution is -2.43. The van der Waals surface area contributed by atoms with Crippen LogP contribution in [0.1, 0.15) is 37.0 Å². The number of benzene rings is 1. The summed E-state index contributed by atoms with van der Waals surface area (Å²) in [5.74, 6) is 0.000508. The lowest BCUT2D eigenvalue weighted by molar-refractivity contribution is 0.101. The second kappa shape index (κ2) is 12.9. The smallest absolute Gasteiger partial charge is 0.195 e. The Morgan fingerprint density at radius 3 is 2.19 bits per heavy atom. The molecular formula is C14H24ClN5O. The van der Waals surface area contributed by atoms with Gasteiger partial charge >= 0.3 is 0 Å². The van der Waals surface area contributed by atoms with Crippen molar-refractivity contribution in [3.8, 4) is 0 Å². The molecule has 0 unspecified atom stereocenters. The van der Waals surface area contributed by atoms with Crippen LogP contribution in [0.2, 0.25) is 0 Å². The summed E-state index contributed by atoms with van der Waals surface area (Å²) >= 11 is 0. The van der Waals surface area contributed by atoms with E-state index in [1.54, 1.807) is 6.92 Å². The van der Waals surface area contributed by atoms with Crippen molar-refractivity contribution in [1.29, 1.82) is 10.8 Å². The summed E-state index contributed by atoms with van der Waals surface area (Å²) in [6.45, 7) is 4.38. The molecule has 6 N–H and O–H groups in total. The molecule has 118 valence electrons. The molecule has 0 bridgehead atoms. The number of hydrogen-bond acceptors (Lipinski definition) is 3. The standard InChI is InChI=1S/C8H8O.C6H15N5.ClH/c1-7(9)8-5-3-2-4-6-8;1-2-3-4-10-6(9)11-5(7)8;/h2-6H,1H3;2-4H2,1H3,(H6,7,8,9,10,11);1H. The predicted molar refractivity (Wildman–Crippen MR) is 89.4 cm³/mol. The molecular weight excluding hydrogens is 290 g/mol. The second-order valence-corrected chi connectivity index (χ2v) is 4.12. The van der Waals surface area contributed by atoms with Crippen LogP contribution < -0.4 is 16.4 Å². The Morgan fingerprint density at radius 2 is 1.81 bits per heavy atom. The largest absolute Gasteiger partial charge is 0.370 e. The maximum atomic E-state index is 10.6. The van der Waals surface area contributed by atoms with Crippen LogP contribution in [0.5, 0.6) is 0 Å². The van der Waals surface area contributed by atoms with Crippen molar-refractivity contribution in [3.63, 3.8) is 0 Å². The molecule has 0 saturated heterocycles. The minimum atomic E-state index is -0.209. The van der Waals surface area contributed by atoms with E-state index < -0.39 is 0 Å². The number of carbonyl (C=O) groups is 1. The first-order valence-electron chi connectivity index (χ1n) is 6.46. The van der Waals surface area contributed by atoms with Gasteiger partial charge in [-0.3, -0.25) is 20.9 Å². The van der Waals surface area contributed by atoms with Crippen LogP contribution in [0.4, 0.5) is 0 Å². The van der Waals surface area contributed by atoms with Crippen molar-refractivity contribution < 1.29 is 4.79 Å². The quantitative estimate of drug-likeness (QED) is 0.253. The topological polar surface area (TPSA) is 115 Å². The highest BCUT2D eigenvalue weighted by atomic mass is 35.5. The molecule has 0 atom stereocenters. The van der Waals surface area contributed by atoms with Gasteiger partial charge in [-0.25, -0.2) is 0 Å². The number of halogens is 1. The zero-order valence-corrected chi connectivity index (χ0v) is 13.2. The highest BCUT2D eigenvalue weighted by Crippen LogP contribution is 1.97. The fourth-order valence-electron chi connectivity index (χ4n) is 1.24. The van der Waals surface area contributed by atoms with Crippen molar-refractivity contribution in [2.75, 3.05) is 6.54 Å². The molecule has 1 aromatic carbocycles. The molecule has 0 radical (unpaired) electrons. The molecule has 1 rings (SSSR count). The maximum absolute atomic E-state index is 10.6. The summed E-state index contributed by atoms with van der Waals surface area (Å²) in [6.07, 6.45) is 2.10. The number of Topliss-reactive ketones (excluding diaryl/α,β-unsaturated/α-hetero) is 1. The Bertz CT molecular complexity index is 436. The average molecular weight is 314 g/mol. The van der Waals surface area contributed by atoms with Crippen LogP contribution in [0.3, 0.4) is 0 Å². The van der Waals surface area contributed by atoms with Gasteiger partial charge in [-0.2, -0.15) is 0 Å². The highest BCUT2D eigenvalue weighted by Gasteiger charge is 1.93. The predicted octanol–water partition coefficient (Wildman–Crippen LogP) is 2.10. The van der Waals surface area contributed by atoms with Gasteiger partial charge in [0.1, 0.15) is 0 Å². The van der Waals surface area contributed by atoms with E-state index in [0.717, 1.165) is 24.9 Å². The van der Waals surface area contributed by atoms with E-state index in [1.165, 1.54) is 0 Å². The van der Waals surface area contributed by atoms with Gasteiger partial charge in [-0.1, -0.05) is 43.7 Å². The summed E-state index contributed by atoms with van der Waals surface area (Å²) in [4.78, 5) is 10.6. The lowest BCUT2D eigenvalue weighted by atomic mass is 10.2. The van der Waals surface area contributed by atoms with Gasteiger partial charge in [0.15, 0.2) is 17.7 Å². The van der Waals surface area contributed by atoms with Gasteiger partial charge in [0.2, 0.25) is 0 Å². The van der Waals surface area contributed by atoms with Crippen LogP contribution in [0.25, 0.3) is 0 Å². The number of nitrogens with two attached hydrogens (primary N) is 1. The Kier molecular flexibility index (Phi) is 13.1. The molecule has 0 spiro atoms. The van der Waals surface area contributed by atoms with E-state index in [4.69, 9.17) is 16.6 Å². The lowest BCUT2D eigenvalue weighted by Gasteiger charge is -2.06. The van der Waals surface area contributed by atoms with E-state index in [2.05, 4.69) is 17.6 Å². The van der Waals surface area contributed by atoms with E-state index >= 15 is 0 Å². The maximum Gasteiger partial charge on any atom is 0.195 e. The molecule has 0 aliphatic rings. The minimum Gasteiger partial charge on any atom is -0.370 e. The van der Waals surface area contributed by atoms with Crippen LogP contribution in [0, 0.1) is 10.8 Å². The van der Waals surface area contributed by atoms with Crippen LogP contribution in [0.15, 0.2) is 30.3 Å². The second-order valence-electron chi connectivity index (χ2n) is 4.12. The Morgan fingerprint density at radius 1 is 1.24 bits per heavy atom. The zero-order valence-electron chi connectivity index (χ0n) is 12.4. The van der Waals surface area contributed by atoms with E-state index in [0.29, 0.717) is 0 Å². The van der Waals surface area contributed by atoms with E-state index in [9.17, 15) is 4.79 Å². The zero-order chi connectivity index (χ0) is 15.4. The molecule has 0 aromatic heterocycles. The molecule has 0 amide bonds. The fourth-order valence-corrected chi connectivity index (χ4v) is 1.24. The minimum absolute atomic E-state index is 0. The van der Waals surface area contributed by atoms with E-state index in [1.807, 2.05) is 30.3 Å². The number of guanidine groups is 2. The summed E-state index contributed by atoms with van der Waals surface area (Å²) < 4.78 is 0. The molecule has 0 heterocycles. The Hall–Kier alpha value is -2.08. The van der Waals surface area contributed by atoms with Crippen molar-refractivity contribution in [3.05, 3.63) is 35.9 Å². The third-order valence-electron chi connectivity index (χ3n) is 2.27. The number of unbranched alkanes of at least 4 members (excludes halogenated alkanes) is 1. The van der Waals surface area contributed by atoms with Gasteiger partial charge in [0.25, 0.3) is 0 Å². The number of carbonyl (C=O) groups excluding carboxylic acids is 1. The Labute approximate surface area is 131 Å². The number of ketones is 1. The molecule has 7 heteroatoms. The Balaban J connectivity index is 0. The summed E-state index contributed by atoms with van der Waals surface area (Å²) in [5, 5.41) is 19.0. The van der Waals surface area contributed by atoms with Gasteiger partial charge in [-0.15, -0.1) is 12.4 Å². The van der Waals surface area contributed by atoms with Gasteiger partial charge in [0.05, 0.1) is 0 Å². The molecule has 0 fully saturated rings. The van der Waals surface area contributed by atoms with Gasteiger partial charge < -0.3 is 11.1 Å². The van der Waals surface area contributed by atoms with Crippen molar-refractivity contribution in [2.45, 2.75) is 26.7 Å². The average Bonchev–Trinajstić information content (AvgIpc) is 2.40. The van der Waals surface area contributed by atoms with Crippen molar-refractivity contribution >= 4 is 30.1 Å². The van der Waals surface area contributed by atoms with Crippen molar-refractivity contribution in [2.24, 2.45) is 5.73 Å². The molecule has 6 nitrogen and oxygen atoms in total. The van der Waals surface area contributed by atoms with Crippen molar-refractivity contribution in [1.82, 2.24) is 10.6 Å². The molecule has 0 aliphatic heterocycles. The molecule has 21 heavy (non-hydrogen) atoms. The molecule has 0 saturated carbocycles. The normalized spacial score (nSPS) is 8.48. The first-order valence-corrected chi connectivity index (χ1v) is 6.46. The molecule has 0 aliphatic carbocycles. The van der Waals surface area contributed by atoms with Crippen LogP contribution in [-0.2, 0) is 0 Å². The third-order valence-corrected chi connectivity index (χ3v) is 2.27. The monoisotopic (exact) mass is 313 g/mol. The number of rotatable bonds is 4. The van der Waals surface area contributed by atoms with Gasteiger partial charge in [0, 0.05) is 12.1 Å². The SMILES string of the molecule is CC(=O)c1ccccc1.CCCCNC(=N)NC(=N)N.Cl. The first-order chi connectivity index (χ1) is 9.47. The molecule has 1 aromatic rings. The third kappa shape index (κ3) is 12.7. The summed E-state index contributed by atoms with van der Waals surface area (Å²) in [6, 6.07) is 9.23.